The van der Waals surface area contributed by atoms with Crippen LogP contribution in [0.5, 0.6) is 0 Å². The van der Waals surface area contributed by atoms with Crippen LogP contribution in [0.2, 0.25) is 0 Å². The molecule has 0 aliphatic heterocycles. The van der Waals surface area contributed by atoms with Crippen molar-refractivity contribution >= 4 is 17.7 Å². The van der Waals surface area contributed by atoms with Crippen LogP contribution >= 0.6 is 11.8 Å². The molecule has 6 heteroatoms. The van der Waals surface area contributed by atoms with Gasteiger partial charge in [-0.25, -0.2) is 0 Å². The molecule has 0 fully saturated rings. The van der Waals surface area contributed by atoms with E-state index in [1.165, 1.54) is 0 Å². The molecular weight excluding hydrogens is 284 g/mol. The molecule has 2 heterocycles. The van der Waals surface area contributed by atoms with E-state index in [1.807, 2.05) is 36.4 Å². The highest BCUT2D eigenvalue weighted by molar-refractivity contribution is 7.99. The number of aromatic amines is 1. The van der Waals surface area contributed by atoms with Crippen molar-refractivity contribution in [1.29, 1.82) is 0 Å². The fraction of sp³-hybridized carbons (Fsp3) is 0. The average Bonchev–Trinajstić information content (AvgIpc) is 2.99. The minimum atomic E-state index is -0.557. The summed E-state index contributed by atoms with van der Waals surface area (Å²) in [7, 11) is 0. The van der Waals surface area contributed by atoms with Gasteiger partial charge in [-0.3, -0.25) is 14.9 Å². The molecule has 3 rings (SSSR count). The van der Waals surface area contributed by atoms with Crippen LogP contribution in [0.1, 0.15) is 10.5 Å². The fourth-order valence-corrected chi connectivity index (χ4v) is 2.82. The van der Waals surface area contributed by atoms with E-state index in [2.05, 4.69) is 15.2 Å². The van der Waals surface area contributed by atoms with Crippen LogP contribution in [0.15, 0.2) is 64.6 Å². The quantitative estimate of drug-likeness (QED) is 0.775. The number of pyridine rings is 1. The van der Waals surface area contributed by atoms with Gasteiger partial charge in [0.2, 0.25) is 0 Å². The number of carbonyl (C=O) groups is 1. The van der Waals surface area contributed by atoms with Crippen LogP contribution in [0, 0.1) is 0 Å². The lowest BCUT2D eigenvalue weighted by Crippen LogP contribution is -2.10. The number of H-pyrrole nitrogens is 1. The van der Waals surface area contributed by atoms with Gasteiger partial charge in [0.25, 0.3) is 5.91 Å². The zero-order valence-electron chi connectivity index (χ0n) is 11.0. The number of aromatic nitrogens is 3. The van der Waals surface area contributed by atoms with E-state index in [0.29, 0.717) is 0 Å². The van der Waals surface area contributed by atoms with Crippen LogP contribution in [-0.4, -0.2) is 21.1 Å². The Bertz CT molecular complexity index is 770. The Morgan fingerprint density at radius 2 is 2.00 bits per heavy atom. The highest BCUT2D eigenvalue weighted by Gasteiger charge is 2.12. The summed E-state index contributed by atoms with van der Waals surface area (Å²) in [6, 6.07) is 13.6. The lowest BCUT2D eigenvalue weighted by atomic mass is 10.2. The smallest absolute Gasteiger partial charge is 0.269 e. The first-order valence-corrected chi connectivity index (χ1v) is 7.08. The van der Waals surface area contributed by atoms with Crippen molar-refractivity contribution in [3.05, 3.63) is 60.6 Å². The molecule has 1 aromatic carbocycles. The first kappa shape index (κ1) is 13.4. The van der Waals surface area contributed by atoms with Gasteiger partial charge in [0.1, 0.15) is 5.69 Å². The second-order valence-electron chi connectivity index (χ2n) is 4.32. The van der Waals surface area contributed by atoms with E-state index in [4.69, 9.17) is 5.73 Å². The molecule has 0 aliphatic carbocycles. The number of nitrogens with one attached hydrogen (secondary N) is 1. The number of nitrogens with two attached hydrogens (primary N) is 1. The summed E-state index contributed by atoms with van der Waals surface area (Å²) < 4.78 is 0. The largest absolute Gasteiger partial charge is 0.364 e. The predicted molar refractivity (Wildman–Crippen MR) is 80.9 cm³/mol. The normalized spacial score (nSPS) is 10.5. The van der Waals surface area contributed by atoms with Gasteiger partial charge in [-0.2, -0.15) is 5.10 Å². The number of carbonyl (C=O) groups excluding carboxylic acids is 1. The SMILES string of the molecule is NC(=O)c1cc(-c2cnccc2Sc2ccccc2)[nH]n1. The molecular formula is C15H12N4OS. The van der Waals surface area contributed by atoms with Crippen molar-refractivity contribution in [3.8, 4) is 11.3 Å². The van der Waals surface area contributed by atoms with Crippen molar-refractivity contribution < 1.29 is 4.79 Å². The minimum absolute atomic E-state index is 0.213. The Kier molecular flexibility index (Phi) is 3.70. The predicted octanol–water partition coefficient (Wildman–Crippen LogP) is 2.72. The number of primary amides is 1. The summed E-state index contributed by atoms with van der Waals surface area (Å²) in [5.74, 6) is -0.557. The molecule has 0 radical (unpaired) electrons. The Balaban J connectivity index is 1.97. The van der Waals surface area contributed by atoms with E-state index >= 15 is 0 Å². The molecule has 104 valence electrons. The molecule has 0 aliphatic rings. The van der Waals surface area contributed by atoms with E-state index in [-0.39, 0.29) is 5.69 Å². The van der Waals surface area contributed by atoms with Gasteiger partial charge >= 0.3 is 0 Å². The lowest BCUT2D eigenvalue weighted by Gasteiger charge is -2.06. The van der Waals surface area contributed by atoms with E-state index < -0.39 is 5.91 Å². The van der Waals surface area contributed by atoms with Gasteiger partial charge in [-0.15, -0.1) is 0 Å². The molecule has 0 bridgehead atoms. The Labute approximate surface area is 125 Å². The van der Waals surface area contributed by atoms with Crippen molar-refractivity contribution in [3.63, 3.8) is 0 Å². The van der Waals surface area contributed by atoms with E-state index in [0.717, 1.165) is 21.0 Å². The van der Waals surface area contributed by atoms with Crippen LogP contribution in [-0.2, 0) is 0 Å². The third-order valence-corrected chi connectivity index (χ3v) is 3.96. The molecule has 5 nitrogen and oxygen atoms in total. The molecule has 0 atom stereocenters. The van der Waals surface area contributed by atoms with Gasteiger partial charge in [-0.05, 0) is 24.3 Å². The van der Waals surface area contributed by atoms with Gasteiger partial charge in [0, 0.05) is 27.7 Å². The fourth-order valence-electron chi connectivity index (χ4n) is 1.87. The Morgan fingerprint density at radius 3 is 2.71 bits per heavy atom. The number of hydrogen-bond acceptors (Lipinski definition) is 4. The summed E-state index contributed by atoms with van der Waals surface area (Å²) in [5, 5.41) is 6.73. The first-order valence-electron chi connectivity index (χ1n) is 6.26. The van der Waals surface area contributed by atoms with Gasteiger partial charge in [-0.1, -0.05) is 30.0 Å². The maximum atomic E-state index is 11.1. The maximum Gasteiger partial charge on any atom is 0.269 e. The number of amides is 1. The minimum Gasteiger partial charge on any atom is -0.364 e. The second kappa shape index (κ2) is 5.80. The van der Waals surface area contributed by atoms with Gasteiger partial charge in [0.15, 0.2) is 0 Å². The Hall–Kier alpha value is -2.60. The molecule has 3 aromatic rings. The highest BCUT2D eigenvalue weighted by Crippen LogP contribution is 2.34. The topological polar surface area (TPSA) is 84.7 Å². The maximum absolute atomic E-state index is 11.1. The third-order valence-electron chi connectivity index (χ3n) is 2.87. The molecule has 0 saturated carbocycles. The van der Waals surface area contributed by atoms with Crippen molar-refractivity contribution in [2.45, 2.75) is 9.79 Å². The van der Waals surface area contributed by atoms with E-state index in [1.54, 1.807) is 30.2 Å². The van der Waals surface area contributed by atoms with Crippen molar-refractivity contribution in [2.75, 3.05) is 0 Å². The van der Waals surface area contributed by atoms with Crippen LogP contribution < -0.4 is 5.73 Å². The summed E-state index contributed by atoms with van der Waals surface area (Å²) in [6.07, 6.45) is 3.48. The summed E-state index contributed by atoms with van der Waals surface area (Å²) in [4.78, 5) is 17.4. The standard InChI is InChI=1S/C15H12N4OS/c16-15(20)13-8-12(18-19-13)11-9-17-7-6-14(11)21-10-4-2-1-3-5-10/h1-9H,(H2,16,20)(H,18,19). The molecule has 1 amide bonds. The first-order chi connectivity index (χ1) is 10.2. The molecule has 21 heavy (non-hydrogen) atoms. The van der Waals surface area contributed by atoms with Crippen LogP contribution in [0.3, 0.4) is 0 Å². The molecule has 2 aromatic heterocycles. The molecule has 3 N–H and O–H groups in total. The van der Waals surface area contributed by atoms with Crippen molar-refractivity contribution in [1.82, 2.24) is 15.2 Å². The van der Waals surface area contributed by atoms with Crippen LogP contribution in [0.4, 0.5) is 0 Å². The number of rotatable bonds is 4. The lowest BCUT2D eigenvalue weighted by molar-refractivity contribution is 0.0995. The zero-order valence-corrected chi connectivity index (χ0v) is 11.8. The van der Waals surface area contributed by atoms with Gasteiger partial charge < -0.3 is 5.73 Å². The van der Waals surface area contributed by atoms with Gasteiger partial charge in [0.05, 0.1) is 5.69 Å². The zero-order chi connectivity index (χ0) is 14.7. The van der Waals surface area contributed by atoms with E-state index in [9.17, 15) is 4.79 Å². The monoisotopic (exact) mass is 296 g/mol. The number of nitrogens with zero attached hydrogens (tertiary/aromatic N) is 2. The van der Waals surface area contributed by atoms with Crippen LogP contribution in [0.25, 0.3) is 11.3 Å². The average molecular weight is 296 g/mol. The third kappa shape index (κ3) is 2.95. The summed E-state index contributed by atoms with van der Waals surface area (Å²) in [6.45, 7) is 0. The number of benzene rings is 1. The second-order valence-corrected chi connectivity index (χ2v) is 5.43. The van der Waals surface area contributed by atoms with Crippen molar-refractivity contribution in [2.24, 2.45) is 5.73 Å². The molecule has 0 saturated heterocycles. The Morgan fingerprint density at radius 1 is 1.19 bits per heavy atom. The summed E-state index contributed by atoms with van der Waals surface area (Å²) >= 11 is 1.62. The molecule has 0 spiro atoms. The molecule has 0 unspecified atom stereocenters. The summed E-state index contributed by atoms with van der Waals surface area (Å²) in [5.41, 5.74) is 7.04. The number of hydrogen-bond donors (Lipinski definition) is 2. The highest BCUT2D eigenvalue weighted by atomic mass is 32.2.